The standard InChI is InChI=1S/C13H19BrN2O2/c1-13(2,3)18-12(17)16-8-11(15)9-5-4-6-10(14)7-9/h4-7,11H,8,15H2,1-3H3,(H,16,17)/t11-/m1/s1. The van der Waals surface area contributed by atoms with Gasteiger partial charge in [0.05, 0.1) is 0 Å². The van der Waals surface area contributed by atoms with E-state index in [0.717, 1.165) is 10.0 Å². The van der Waals surface area contributed by atoms with Crippen LogP contribution in [0.2, 0.25) is 0 Å². The summed E-state index contributed by atoms with van der Waals surface area (Å²) in [6, 6.07) is 7.44. The number of benzene rings is 1. The Balaban J connectivity index is 2.46. The van der Waals surface area contributed by atoms with Crippen molar-refractivity contribution in [2.75, 3.05) is 6.54 Å². The van der Waals surface area contributed by atoms with Gasteiger partial charge in [-0.05, 0) is 38.5 Å². The number of hydrogen-bond donors (Lipinski definition) is 2. The molecule has 4 nitrogen and oxygen atoms in total. The first kappa shape index (κ1) is 15.0. The van der Waals surface area contributed by atoms with Gasteiger partial charge in [-0.15, -0.1) is 0 Å². The highest BCUT2D eigenvalue weighted by atomic mass is 79.9. The van der Waals surface area contributed by atoms with Gasteiger partial charge < -0.3 is 15.8 Å². The van der Waals surface area contributed by atoms with Gasteiger partial charge in [0.1, 0.15) is 5.60 Å². The van der Waals surface area contributed by atoms with Crippen molar-refractivity contribution in [3.05, 3.63) is 34.3 Å². The molecule has 3 N–H and O–H groups in total. The minimum atomic E-state index is -0.496. The molecular weight excluding hydrogens is 296 g/mol. The molecule has 0 aliphatic heterocycles. The van der Waals surface area contributed by atoms with Gasteiger partial charge in [-0.25, -0.2) is 4.79 Å². The molecule has 18 heavy (non-hydrogen) atoms. The summed E-state index contributed by atoms with van der Waals surface area (Å²) in [6.07, 6.45) is -0.451. The van der Waals surface area contributed by atoms with Gasteiger partial charge in [-0.3, -0.25) is 0 Å². The molecule has 5 heteroatoms. The molecule has 1 amide bonds. The van der Waals surface area contributed by atoms with Crippen molar-refractivity contribution in [1.29, 1.82) is 0 Å². The monoisotopic (exact) mass is 314 g/mol. The van der Waals surface area contributed by atoms with Gasteiger partial charge >= 0.3 is 6.09 Å². The van der Waals surface area contributed by atoms with E-state index in [-0.39, 0.29) is 6.04 Å². The lowest BCUT2D eigenvalue weighted by molar-refractivity contribution is 0.0524. The Hall–Kier alpha value is -1.07. The lowest BCUT2D eigenvalue weighted by atomic mass is 10.1. The summed E-state index contributed by atoms with van der Waals surface area (Å²) in [4.78, 5) is 11.5. The summed E-state index contributed by atoms with van der Waals surface area (Å²) < 4.78 is 6.10. The number of nitrogens with one attached hydrogen (secondary N) is 1. The Labute approximate surface area is 116 Å². The van der Waals surface area contributed by atoms with E-state index in [9.17, 15) is 4.79 Å². The summed E-state index contributed by atoms with van der Waals surface area (Å²) in [5.41, 5.74) is 6.45. The Morgan fingerprint density at radius 3 is 2.72 bits per heavy atom. The second kappa shape index (κ2) is 6.20. The maximum atomic E-state index is 11.5. The first-order valence-corrected chi connectivity index (χ1v) is 6.55. The van der Waals surface area contributed by atoms with Crippen LogP contribution in [0.4, 0.5) is 4.79 Å². The molecule has 0 fully saturated rings. The third-order valence-corrected chi connectivity index (χ3v) is 2.64. The third kappa shape index (κ3) is 5.51. The molecule has 0 saturated heterocycles. The summed E-state index contributed by atoms with van der Waals surface area (Å²) in [6.45, 7) is 5.80. The summed E-state index contributed by atoms with van der Waals surface area (Å²) >= 11 is 3.38. The Morgan fingerprint density at radius 1 is 1.50 bits per heavy atom. The van der Waals surface area contributed by atoms with Crippen LogP contribution in [0.25, 0.3) is 0 Å². The van der Waals surface area contributed by atoms with Crippen molar-refractivity contribution in [3.8, 4) is 0 Å². The van der Waals surface area contributed by atoms with Crippen molar-refractivity contribution in [1.82, 2.24) is 5.32 Å². The van der Waals surface area contributed by atoms with Crippen LogP contribution in [0.3, 0.4) is 0 Å². The number of rotatable bonds is 3. The van der Waals surface area contributed by atoms with Crippen molar-refractivity contribution in [2.24, 2.45) is 5.73 Å². The average Bonchev–Trinajstić information content (AvgIpc) is 2.23. The fourth-order valence-corrected chi connectivity index (χ4v) is 1.78. The molecule has 0 heterocycles. The molecule has 0 aromatic heterocycles. The largest absolute Gasteiger partial charge is 0.444 e. The van der Waals surface area contributed by atoms with Gasteiger partial charge in [0.25, 0.3) is 0 Å². The number of amides is 1. The van der Waals surface area contributed by atoms with E-state index in [1.54, 1.807) is 0 Å². The smallest absolute Gasteiger partial charge is 0.407 e. The molecular formula is C13H19BrN2O2. The lowest BCUT2D eigenvalue weighted by Crippen LogP contribution is -2.36. The van der Waals surface area contributed by atoms with E-state index < -0.39 is 11.7 Å². The SMILES string of the molecule is CC(C)(C)OC(=O)NC[C@@H](N)c1cccc(Br)c1. The first-order valence-electron chi connectivity index (χ1n) is 5.76. The van der Waals surface area contributed by atoms with E-state index in [2.05, 4.69) is 21.2 Å². The average molecular weight is 315 g/mol. The van der Waals surface area contributed by atoms with E-state index in [4.69, 9.17) is 10.5 Å². The highest BCUT2D eigenvalue weighted by molar-refractivity contribution is 9.10. The van der Waals surface area contributed by atoms with E-state index >= 15 is 0 Å². The van der Waals surface area contributed by atoms with E-state index in [0.29, 0.717) is 6.54 Å². The number of nitrogens with two attached hydrogens (primary N) is 1. The number of hydrogen-bond acceptors (Lipinski definition) is 3. The molecule has 1 aromatic rings. The lowest BCUT2D eigenvalue weighted by Gasteiger charge is -2.21. The molecule has 0 aliphatic rings. The molecule has 0 saturated carbocycles. The fraction of sp³-hybridized carbons (Fsp3) is 0.462. The minimum absolute atomic E-state index is 0.255. The van der Waals surface area contributed by atoms with E-state index in [1.165, 1.54) is 0 Å². The molecule has 0 radical (unpaired) electrons. The van der Waals surface area contributed by atoms with Crippen LogP contribution in [-0.2, 0) is 4.74 Å². The second-order valence-electron chi connectivity index (χ2n) is 5.04. The summed E-state index contributed by atoms with van der Waals surface area (Å²) in [7, 11) is 0. The summed E-state index contributed by atoms with van der Waals surface area (Å²) in [5.74, 6) is 0. The van der Waals surface area contributed by atoms with Crippen LogP contribution in [0.5, 0.6) is 0 Å². The predicted octanol–water partition coefficient (Wildman–Crippen LogP) is 2.97. The number of carbonyl (C=O) groups is 1. The van der Waals surface area contributed by atoms with Crippen molar-refractivity contribution >= 4 is 22.0 Å². The van der Waals surface area contributed by atoms with Gasteiger partial charge in [0.2, 0.25) is 0 Å². The van der Waals surface area contributed by atoms with Gasteiger partial charge in [0.15, 0.2) is 0 Å². The third-order valence-electron chi connectivity index (χ3n) is 2.14. The number of carbonyl (C=O) groups excluding carboxylic acids is 1. The quantitative estimate of drug-likeness (QED) is 0.901. The van der Waals surface area contributed by atoms with Crippen molar-refractivity contribution in [3.63, 3.8) is 0 Å². The molecule has 0 unspecified atom stereocenters. The van der Waals surface area contributed by atoms with Gasteiger partial charge in [0, 0.05) is 17.1 Å². The van der Waals surface area contributed by atoms with Crippen LogP contribution < -0.4 is 11.1 Å². The molecule has 1 atom stereocenters. The predicted molar refractivity (Wildman–Crippen MR) is 75.3 cm³/mol. The fourth-order valence-electron chi connectivity index (χ4n) is 1.36. The molecule has 100 valence electrons. The maximum absolute atomic E-state index is 11.5. The Bertz CT molecular complexity index is 416. The second-order valence-corrected chi connectivity index (χ2v) is 5.96. The first-order chi connectivity index (χ1) is 8.28. The zero-order valence-corrected chi connectivity index (χ0v) is 12.5. The van der Waals surface area contributed by atoms with Crippen molar-refractivity contribution < 1.29 is 9.53 Å². The molecule has 0 bridgehead atoms. The van der Waals surface area contributed by atoms with E-state index in [1.807, 2.05) is 45.0 Å². The topological polar surface area (TPSA) is 64.3 Å². The molecule has 1 aromatic carbocycles. The Morgan fingerprint density at radius 2 is 2.17 bits per heavy atom. The number of halogens is 1. The number of ether oxygens (including phenoxy) is 1. The van der Waals surface area contributed by atoms with Crippen LogP contribution in [0.15, 0.2) is 28.7 Å². The minimum Gasteiger partial charge on any atom is -0.444 e. The van der Waals surface area contributed by atoms with Crippen LogP contribution in [-0.4, -0.2) is 18.2 Å². The van der Waals surface area contributed by atoms with Gasteiger partial charge in [-0.1, -0.05) is 28.1 Å². The van der Waals surface area contributed by atoms with Crippen LogP contribution in [0.1, 0.15) is 32.4 Å². The zero-order chi connectivity index (χ0) is 13.8. The zero-order valence-electron chi connectivity index (χ0n) is 10.9. The Kier molecular flexibility index (Phi) is 5.16. The maximum Gasteiger partial charge on any atom is 0.407 e. The van der Waals surface area contributed by atoms with Crippen molar-refractivity contribution in [2.45, 2.75) is 32.4 Å². The van der Waals surface area contributed by atoms with Crippen LogP contribution in [0, 0.1) is 0 Å². The normalized spacial score (nSPS) is 12.9. The highest BCUT2D eigenvalue weighted by Crippen LogP contribution is 2.16. The molecule has 1 rings (SSSR count). The number of alkyl carbamates (subject to hydrolysis) is 1. The highest BCUT2D eigenvalue weighted by Gasteiger charge is 2.16. The van der Waals surface area contributed by atoms with Crippen LogP contribution >= 0.6 is 15.9 Å². The molecule has 0 spiro atoms. The molecule has 0 aliphatic carbocycles. The van der Waals surface area contributed by atoms with Gasteiger partial charge in [-0.2, -0.15) is 0 Å². The summed E-state index contributed by atoms with van der Waals surface area (Å²) in [5, 5.41) is 2.66.